The van der Waals surface area contributed by atoms with Crippen LogP contribution in [0.25, 0.3) is 0 Å². The molecule has 118 valence electrons. The molecular formula is C18H21Cl2NS. The lowest BCUT2D eigenvalue weighted by Gasteiger charge is -2.21. The molecule has 0 saturated heterocycles. The highest BCUT2D eigenvalue weighted by Gasteiger charge is 2.24. The zero-order valence-corrected chi connectivity index (χ0v) is 14.8. The highest BCUT2D eigenvalue weighted by atomic mass is 35.5. The minimum Gasteiger partial charge on any atom is -0.324 e. The van der Waals surface area contributed by atoms with Gasteiger partial charge < -0.3 is 5.73 Å². The standard InChI is InChI=1S/C18H20ClNS.ClH/c19-14-9-11-15(12-10-14)21-17-8-4-3-7-16(17)18(20)13-5-1-2-6-13;/h3-4,7-13,18H,1-2,5-6,20H2;1H/t18-;/m1./s1. The van der Waals surface area contributed by atoms with Gasteiger partial charge >= 0.3 is 0 Å². The maximum Gasteiger partial charge on any atom is 0.0406 e. The van der Waals surface area contributed by atoms with E-state index in [9.17, 15) is 0 Å². The molecule has 0 amide bonds. The van der Waals surface area contributed by atoms with Gasteiger partial charge in [0, 0.05) is 20.9 Å². The summed E-state index contributed by atoms with van der Waals surface area (Å²) in [5, 5.41) is 0.773. The SMILES string of the molecule is Cl.N[C@@H](c1ccccc1Sc1ccc(Cl)cc1)C1CCCC1. The first-order valence-corrected chi connectivity index (χ1v) is 8.71. The van der Waals surface area contributed by atoms with Crippen LogP contribution in [0.4, 0.5) is 0 Å². The van der Waals surface area contributed by atoms with Crippen LogP contribution < -0.4 is 5.73 Å². The third-order valence-corrected chi connectivity index (χ3v) is 5.58. The lowest BCUT2D eigenvalue weighted by molar-refractivity contribution is 0.440. The monoisotopic (exact) mass is 353 g/mol. The minimum atomic E-state index is 0. The van der Waals surface area contributed by atoms with Gasteiger partial charge in [0.05, 0.1) is 0 Å². The van der Waals surface area contributed by atoms with Crippen molar-refractivity contribution in [2.24, 2.45) is 11.7 Å². The second kappa shape index (κ2) is 8.26. The molecule has 0 aliphatic heterocycles. The topological polar surface area (TPSA) is 26.0 Å². The molecular weight excluding hydrogens is 333 g/mol. The zero-order valence-electron chi connectivity index (χ0n) is 12.4. The normalized spacial score (nSPS) is 16.3. The van der Waals surface area contributed by atoms with E-state index in [0.29, 0.717) is 5.92 Å². The van der Waals surface area contributed by atoms with Crippen molar-refractivity contribution >= 4 is 35.8 Å². The van der Waals surface area contributed by atoms with Gasteiger partial charge in [0.25, 0.3) is 0 Å². The van der Waals surface area contributed by atoms with Crippen LogP contribution in [0.15, 0.2) is 58.3 Å². The maximum absolute atomic E-state index is 6.54. The minimum absolute atomic E-state index is 0. The van der Waals surface area contributed by atoms with Gasteiger partial charge in [-0.2, -0.15) is 0 Å². The van der Waals surface area contributed by atoms with E-state index in [2.05, 4.69) is 36.4 Å². The first-order valence-electron chi connectivity index (χ1n) is 7.52. The van der Waals surface area contributed by atoms with Crippen molar-refractivity contribution in [3.05, 3.63) is 59.1 Å². The molecule has 1 atom stereocenters. The third-order valence-electron chi connectivity index (χ3n) is 4.23. The van der Waals surface area contributed by atoms with Crippen LogP contribution in [-0.2, 0) is 0 Å². The van der Waals surface area contributed by atoms with Gasteiger partial charge in [-0.25, -0.2) is 0 Å². The predicted octanol–water partition coefficient (Wildman–Crippen LogP) is 6.10. The second-order valence-corrected chi connectivity index (χ2v) is 7.22. The Labute approximate surface area is 148 Å². The first-order chi connectivity index (χ1) is 10.2. The van der Waals surface area contributed by atoms with E-state index in [1.807, 2.05) is 12.1 Å². The lowest BCUT2D eigenvalue weighted by Crippen LogP contribution is -2.19. The largest absolute Gasteiger partial charge is 0.324 e. The van der Waals surface area contributed by atoms with Crippen molar-refractivity contribution in [3.8, 4) is 0 Å². The van der Waals surface area contributed by atoms with Crippen molar-refractivity contribution in [1.82, 2.24) is 0 Å². The molecule has 1 saturated carbocycles. The highest BCUT2D eigenvalue weighted by molar-refractivity contribution is 7.99. The fourth-order valence-corrected chi connectivity index (χ4v) is 4.17. The van der Waals surface area contributed by atoms with E-state index in [4.69, 9.17) is 17.3 Å². The van der Waals surface area contributed by atoms with E-state index in [1.165, 1.54) is 41.0 Å². The Balaban J connectivity index is 0.00000176. The molecule has 22 heavy (non-hydrogen) atoms. The van der Waals surface area contributed by atoms with Crippen LogP contribution in [0, 0.1) is 5.92 Å². The summed E-state index contributed by atoms with van der Waals surface area (Å²) in [5.74, 6) is 0.636. The molecule has 2 aromatic rings. The molecule has 0 radical (unpaired) electrons. The van der Waals surface area contributed by atoms with Crippen molar-refractivity contribution in [2.45, 2.75) is 41.5 Å². The molecule has 0 heterocycles. The summed E-state index contributed by atoms with van der Waals surface area (Å²) >= 11 is 7.72. The van der Waals surface area contributed by atoms with Crippen LogP contribution in [0.3, 0.4) is 0 Å². The molecule has 0 aromatic heterocycles. The van der Waals surface area contributed by atoms with Gasteiger partial charge in [0.15, 0.2) is 0 Å². The molecule has 0 unspecified atom stereocenters. The Bertz CT molecular complexity index is 594. The number of halogens is 2. The number of benzene rings is 2. The first kappa shape index (κ1) is 17.7. The zero-order chi connectivity index (χ0) is 14.7. The summed E-state index contributed by atoms with van der Waals surface area (Å²) in [4.78, 5) is 2.46. The average Bonchev–Trinajstić information content (AvgIpc) is 3.04. The van der Waals surface area contributed by atoms with Gasteiger partial charge in [-0.05, 0) is 54.7 Å². The van der Waals surface area contributed by atoms with Crippen molar-refractivity contribution < 1.29 is 0 Å². The van der Waals surface area contributed by atoms with Crippen molar-refractivity contribution in [2.75, 3.05) is 0 Å². The summed E-state index contributed by atoms with van der Waals surface area (Å²) in [6, 6.07) is 16.7. The van der Waals surface area contributed by atoms with E-state index in [0.717, 1.165) is 5.02 Å². The summed E-state index contributed by atoms with van der Waals surface area (Å²) < 4.78 is 0. The Kier molecular flexibility index (Phi) is 6.64. The lowest BCUT2D eigenvalue weighted by atomic mass is 9.92. The number of hydrogen-bond donors (Lipinski definition) is 1. The van der Waals surface area contributed by atoms with E-state index >= 15 is 0 Å². The fourth-order valence-electron chi connectivity index (χ4n) is 3.05. The fraction of sp³-hybridized carbons (Fsp3) is 0.333. The summed E-state index contributed by atoms with van der Waals surface area (Å²) in [7, 11) is 0. The molecule has 4 heteroatoms. The predicted molar refractivity (Wildman–Crippen MR) is 98.2 cm³/mol. The van der Waals surface area contributed by atoms with E-state index in [1.54, 1.807) is 11.8 Å². The molecule has 2 N–H and O–H groups in total. The average molecular weight is 354 g/mol. The summed E-state index contributed by atoms with van der Waals surface area (Å²) in [6.07, 6.45) is 5.18. The van der Waals surface area contributed by atoms with Crippen LogP contribution in [-0.4, -0.2) is 0 Å². The molecule has 1 nitrogen and oxygen atoms in total. The van der Waals surface area contributed by atoms with Crippen molar-refractivity contribution in [3.63, 3.8) is 0 Å². The van der Waals surface area contributed by atoms with Crippen LogP contribution in [0.2, 0.25) is 5.02 Å². The van der Waals surface area contributed by atoms with Gasteiger partial charge in [0.2, 0.25) is 0 Å². The Morgan fingerprint density at radius 1 is 1.00 bits per heavy atom. The van der Waals surface area contributed by atoms with Gasteiger partial charge in [-0.15, -0.1) is 12.4 Å². The Morgan fingerprint density at radius 3 is 2.32 bits per heavy atom. The third kappa shape index (κ3) is 4.20. The number of nitrogens with two attached hydrogens (primary N) is 1. The molecule has 0 spiro atoms. The van der Waals surface area contributed by atoms with E-state index in [-0.39, 0.29) is 18.4 Å². The molecule has 1 aliphatic carbocycles. The quantitative estimate of drug-likeness (QED) is 0.717. The van der Waals surface area contributed by atoms with Crippen LogP contribution in [0.5, 0.6) is 0 Å². The Hall–Kier alpha value is -0.670. The van der Waals surface area contributed by atoms with Gasteiger partial charge in [0.1, 0.15) is 0 Å². The number of hydrogen-bond acceptors (Lipinski definition) is 2. The van der Waals surface area contributed by atoms with E-state index < -0.39 is 0 Å². The summed E-state index contributed by atoms with van der Waals surface area (Å²) in [5.41, 5.74) is 7.83. The highest BCUT2D eigenvalue weighted by Crippen LogP contribution is 2.39. The van der Waals surface area contributed by atoms with Crippen molar-refractivity contribution in [1.29, 1.82) is 0 Å². The molecule has 0 bridgehead atoms. The van der Waals surface area contributed by atoms with Crippen LogP contribution >= 0.6 is 35.8 Å². The molecule has 3 rings (SSSR count). The molecule has 2 aromatic carbocycles. The van der Waals surface area contributed by atoms with Crippen LogP contribution in [0.1, 0.15) is 37.3 Å². The number of rotatable bonds is 4. The second-order valence-electron chi connectivity index (χ2n) is 5.66. The maximum atomic E-state index is 6.54. The molecule has 1 aliphatic rings. The van der Waals surface area contributed by atoms with Gasteiger partial charge in [-0.1, -0.05) is 54.4 Å². The summed E-state index contributed by atoms with van der Waals surface area (Å²) in [6.45, 7) is 0. The van der Waals surface area contributed by atoms with Gasteiger partial charge in [-0.3, -0.25) is 0 Å². The Morgan fingerprint density at radius 2 is 1.64 bits per heavy atom. The molecule has 1 fully saturated rings. The smallest absolute Gasteiger partial charge is 0.0406 e.